The van der Waals surface area contributed by atoms with Gasteiger partial charge in [-0.1, -0.05) is 12.1 Å². The number of ether oxygens (including phenoxy) is 1. The van der Waals surface area contributed by atoms with E-state index in [1.165, 1.54) is 12.1 Å². The minimum Gasteiger partial charge on any atom is -0.508 e. The van der Waals surface area contributed by atoms with Gasteiger partial charge in [-0.3, -0.25) is 9.79 Å². The number of nitrogens with zero attached hydrogens (tertiary/aromatic N) is 1. The number of guanidine groups is 1. The number of amides is 1. The monoisotopic (exact) mass is 393 g/mol. The molecule has 8 N–H and O–H groups in total. The molecule has 0 heterocycles. The molecule has 0 aromatic heterocycles. The number of hydrogen-bond acceptors (Lipinski definition) is 6. The number of benzene rings is 1. The molecule has 0 bridgehead atoms. The molecule has 0 unspecified atom stereocenters. The highest BCUT2D eigenvalue weighted by Crippen LogP contribution is 2.14. The zero-order chi connectivity index (χ0) is 21.3. The molecule has 2 atom stereocenters. The summed E-state index contributed by atoms with van der Waals surface area (Å²) >= 11 is 0. The number of phenolic OH excluding ortho intramolecular Hbond substituents is 1. The van der Waals surface area contributed by atoms with E-state index in [0.29, 0.717) is 19.4 Å². The van der Waals surface area contributed by atoms with Crippen molar-refractivity contribution in [3.63, 3.8) is 0 Å². The number of phenols is 1. The molecule has 9 heteroatoms. The predicted molar refractivity (Wildman–Crippen MR) is 107 cm³/mol. The van der Waals surface area contributed by atoms with Gasteiger partial charge in [0.15, 0.2) is 5.96 Å². The zero-order valence-electron chi connectivity index (χ0n) is 16.6. The summed E-state index contributed by atoms with van der Waals surface area (Å²) in [7, 11) is 0. The Balaban J connectivity index is 2.77. The van der Waals surface area contributed by atoms with Gasteiger partial charge in [0.25, 0.3) is 0 Å². The van der Waals surface area contributed by atoms with Gasteiger partial charge in [0.2, 0.25) is 5.91 Å². The lowest BCUT2D eigenvalue weighted by atomic mass is 10.0. The smallest absolute Gasteiger partial charge is 0.329 e. The van der Waals surface area contributed by atoms with Crippen molar-refractivity contribution in [2.45, 2.75) is 57.7 Å². The molecular weight excluding hydrogens is 362 g/mol. The van der Waals surface area contributed by atoms with Crippen molar-refractivity contribution < 1.29 is 19.4 Å². The fourth-order valence-electron chi connectivity index (χ4n) is 2.36. The Kier molecular flexibility index (Phi) is 8.72. The summed E-state index contributed by atoms with van der Waals surface area (Å²) in [6.07, 6.45) is 1.10. The van der Waals surface area contributed by atoms with Crippen molar-refractivity contribution in [2.75, 3.05) is 6.54 Å². The van der Waals surface area contributed by atoms with Crippen LogP contribution in [0.2, 0.25) is 0 Å². The molecule has 1 rings (SSSR count). The highest BCUT2D eigenvalue weighted by Gasteiger charge is 2.28. The number of carbonyl (C=O) groups excluding carboxylic acids is 2. The van der Waals surface area contributed by atoms with Crippen LogP contribution in [0.1, 0.15) is 39.2 Å². The molecule has 0 fully saturated rings. The zero-order valence-corrected chi connectivity index (χ0v) is 16.6. The number of nitrogens with one attached hydrogen (secondary N) is 1. The number of aliphatic imine (C=N–C) groups is 1. The van der Waals surface area contributed by atoms with Crippen molar-refractivity contribution in [1.82, 2.24) is 5.32 Å². The van der Waals surface area contributed by atoms with Crippen molar-refractivity contribution in [2.24, 2.45) is 22.2 Å². The molecule has 28 heavy (non-hydrogen) atoms. The molecule has 0 aliphatic rings. The SMILES string of the molecule is CC(C)(C)OC(=O)[C@@H](Cc1ccc(O)cc1)NC(=O)[C@@H](N)CCCN=C(N)N. The lowest BCUT2D eigenvalue weighted by Crippen LogP contribution is -2.50. The standard InChI is InChI=1S/C19H31N5O4/c1-19(2,3)28-17(27)15(11-12-6-8-13(25)9-7-12)24-16(26)14(20)5-4-10-23-18(21)22/h6-9,14-15,25H,4-5,10-11,20H2,1-3H3,(H,24,26)(H4,21,22,23)/t14-,15+/m0/s1. The predicted octanol–water partition coefficient (Wildman–Crippen LogP) is 0.142. The number of aromatic hydroxyl groups is 1. The van der Waals surface area contributed by atoms with Gasteiger partial charge in [0.05, 0.1) is 6.04 Å². The van der Waals surface area contributed by atoms with E-state index in [1.807, 2.05) is 0 Å². The first kappa shape index (κ1) is 23.2. The van der Waals surface area contributed by atoms with E-state index in [1.54, 1.807) is 32.9 Å². The Bertz CT molecular complexity index is 679. The van der Waals surface area contributed by atoms with Gasteiger partial charge in [-0.15, -0.1) is 0 Å². The van der Waals surface area contributed by atoms with Crippen LogP contribution in [0.3, 0.4) is 0 Å². The molecule has 1 aromatic carbocycles. The van der Waals surface area contributed by atoms with Crippen LogP contribution in [0, 0.1) is 0 Å². The van der Waals surface area contributed by atoms with E-state index in [9.17, 15) is 14.7 Å². The third kappa shape index (κ3) is 9.22. The van der Waals surface area contributed by atoms with Crippen LogP contribution in [0.5, 0.6) is 5.75 Å². The van der Waals surface area contributed by atoms with Crippen LogP contribution in [-0.4, -0.2) is 47.2 Å². The summed E-state index contributed by atoms with van der Waals surface area (Å²) in [6.45, 7) is 5.62. The molecule has 0 saturated heterocycles. The van der Waals surface area contributed by atoms with E-state index in [0.717, 1.165) is 5.56 Å². The lowest BCUT2D eigenvalue weighted by molar-refractivity contribution is -0.158. The molecule has 0 aliphatic carbocycles. The lowest BCUT2D eigenvalue weighted by Gasteiger charge is -2.25. The Morgan fingerprint density at radius 3 is 2.36 bits per heavy atom. The van der Waals surface area contributed by atoms with E-state index < -0.39 is 29.6 Å². The normalized spacial score (nSPS) is 13.3. The molecule has 0 spiro atoms. The van der Waals surface area contributed by atoms with Crippen LogP contribution in [0.4, 0.5) is 0 Å². The van der Waals surface area contributed by atoms with Crippen LogP contribution in [-0.2, 0) is 20.7 Å². The van der Waals surface area contributed by atoms with Crippen LogP contribution < -0.4 is 22.5 Å². The highest BCUT2D eigenvalue weighted by atomic mass is 16.6. The number of rotatable bonds is 9. The number of nitrogens with two attached hydrogens (primary N) is 3. The average Bonchev–Trinajstić information content (AvgIpc) is 2.58. The molecule has 0 aliphatic heterocycles. The van der Waals surface area contributed by atoms with Gasteiger partial charge in [-0.25, -0.2) is 4.79 Å². The van der Waals surface area contributed by atoms with Gasteiger partial charge >= 0.3 is 5.97 Å². The maximum atomic E-state index is 12.6. The number of hydrogen-bond donors (Lipinski definition) is 5. The second-order valence-electron chi connectivity index (χ2n) is 7.52. The number of carbonyl (C=O) groups is 2. The summed E-state index contributed by atoms with van der Waals surface area (Å²) in [5.41, 5.74) is 16.5. The minimum absolute atomic E-state index is 0.0167. The quantitative estimate of drug-likeness (QED) is 0.172. The summed E-state index contributed by atoms with van der Waals surface area (Å²) in [5, 5.41) is 12.1. The molecule has 9 nitrogen and oxygen atoms in total. The fraction of sp³-hybridized carbons (Fsp3) is 0.526. The Morgan fingerprint density at radius 2 is 1.82 bits per heavy atom. The Morgan fingerprint density at radius 1 is 1.21 bits per heavy atom. The first-order valence-corrected chi connectivity index (χ1v) is 9.10. The fourth-order valence-corrected chi connectivity index (χ4v) is 2.36. The third-order valence-electron chi connectivity index (χ3n) is 3.69. The van der Waals surface area contributed by atoms with E-state index in [-0.39, 0.29) is 18.1 Å². The van der Waals surface area contributed by atoms with Crippen LogP contribution in [0.25, 0.3) is 0 Å². The van der Waals surface area contributed by atoms with Crippen molar-refractivity contribution in [1.29, 1.82) is 0 Å². The second-order valence-corrected chi connectivity index (χ2v) is 7.52. The topological polar surface area (TPSA) is 166 Å². The highest BCUT2D eigenvalue weighted by molar-refractivity contribution is 5.87. The molecule has 0 radical (unpaired) electrons. The van der Waals surface area contributed by atoms with Crippen molar-refractivity contribution in [3.8, 4) is 5.75 Å². The summed E-state index contributed by atoms with van der Waals surface area (Å²) in [5.74, 6) is -0.915. The first-order valence-electron chi connectivity index (χ1n) is 9.10. The van der Waals surface area contributed by atoms with Crippen LogP contribution >= 0.6 is 0 Å². The largest absolute Gasteiger partial charge is 0.508 e. The molecule has 1 amide bonds. The van der Waals surface area contributed by atoms with Gasteiger partial charge in [-0.2, -0.15) is 0 Å². The minimum atomic E-state index is -0.903. The van der Waals surface area contributed by atoms with E-state index >= 15 is 0 Å². The molecule has 156 valence electrons. The molecule has 0 saturated carbocycles. The van der Waals surface area contributed by atoms with E-state index in [4.69, 9.17) is 21.9 Å². The van der Waals surface area contributed by atoms with Gasteiger partial charge in [-0.05, 0) is 51.3 Å². The molecular formula is C19H31N5O4. The Hall–Kier alpha value is -2.81. The maximum absolute atomic E-state index is 12.6. The van der Waals surface area contributed by atoms with Crippen LogP contribution in [0.15, 0.2) is 29.3 Å². The average molecular weight is 393 g/mol. The van der Waals surface area contributed by atoms with Gasteiger partial charge in [0, 0.05) is 13.0 Å². The Labute approximate surface area is 165 Å². The summed E-state index contributed by atoms with van der Waals surface area (Å²) in [6, 6.07) is 4.67. The second kappa shape index (κ2) is 10.5. The summed E-state index contributed by atoms with van der Waals surface area (Å²) < 4.78 is 5.41. The van der Waals surface area contributed by atoms with Crippen molar-refractivity contribution >= 4 is 17.8 Å². The molecule has 1 aromatic rings. The third-order valence-corrected chi connectivity index (χ3v) is 3.69. The van der Waals surface area contributed by atoms with E-state index in [2.05, 4.69) is 10.3 Å². The first-order chi connectivity index (χ1) is 13.0. The van der Waals surface area contributed by atoms with Crippen molar-refractivity contribution in [3.05, 3.63) is 29.8 Å². The van der Waals surface area contributed by atoms with Gasteiger partial charge < -0.3 is 32.4 Å². The summed E-state index contributed by atoms with van der Waals surface area (Å²) in [4.78, 5) is 28.8. The number of esters is 1. The van der Waals surface area contributed by atoms with Gasteiger partial charge in [0.1, 0.15) is 17.4 Å². The maximum Gasteiger partial charge on any atom is 0.329 e.